The second kappa shape index (κ2) is 8.82. The third-order valence-electron chi connectivity index (χ3n) is 5.19. The lowest BCUT2D eigenvalue weighted by Gasteiger charge is -2.22. The van der Waals surface area contributed by atoms with Gasteiger partial charge in [-0.1, -0.05) is 55.5 Å². The van der Waals surface area contributed by atoms with E-state index in [9.17, 15) is 0 Å². The monoisotopic (exact) mass is 382 g/mol. The van der Waals surface area contributed by atoms with E-state index in [2.05, 4.69) is 60.6 Å². The van der Waals surface area contributed by atoms with Crippen molar-refractivity contribution in [2.45, 2.75) is 26.4 Å². The number of aliphatic imine (C=N–C) groups is 2. The third-order valence-corrected chi connectivity index (χ3v) is 5.19. The summed E-state index contributed by atoms with van der Waals surface area (Å²) in [5.41, 5.74) is 6.46. The van der Waals surface area contributed by atoms with Crippen molar-refractivity contribution in [3.63, 3.8) is 0 Å². The molecule has 0 radical (unpaired) electrons. The molecule has 146 valence electrons. The average Bonchev–Trinajstić information content (AvgIpc) is 2.89. The number of aromatic nitrogens is 1. The first-order chi connectivity index (χ1) is 14.2. The van der Waals surface area contributed by atoms with Crippen molar-refractivity contribution in [3.8, 4) is 0 Å². The molecule has 1 aromatic rings. The number of hydrogen-bond donors (Lipinski definition) is 1. The van der Waals surface area contributed by atoms with Crippen LogP contribution in [-0.2, 0) is 0 Å². The lowest BCUT2D eigenvalue weighted by Crippen LogP contribution is -2.20. The van der Waals surface area contributed by atoms with Crippen LogP contribution in [-0.4, -0.2) is 23.5 Å². The fourth-order valence-corrected chi connectivity index (χ4v) is 3.69. The Morgan fingerprint density at radius 2 is 1.97 bits per heavy atom. The minimum atomic E-state index is -0.184. The van der Waals surface area contributed by atoms with Gasteiger partial charge in [-0.05, 0) is 54.8 Å². The van der Waals surface area contributed by atoms with Crippen LogP contribution < -0.4 is 5.32 Å². The minimum Gasteiger partial charge on any atom is -0.365 e. The molecule has 0 saturated carbocycles. The molecular weight excluding hydrogens is 356 g/mol. The van der Waals surface area contributed by atoms with Crippen LogP contribution in [0.1, 0.15) is 42.0 Å². The van der Waals surface area contributed by atoms with Crippen molar-refractivity contribution in [2.75, 3.05) is 6.54 Å². The average molecular weight is 383 g/mol. The molecule has 1 aromatic heterocycles. The Bertz CT molecular complexity index is 1020. The van der Waals surface area contributed by atoms with Crippen molar-refractivity contribution in [1.29, 1.82) is 0 Å². The van der Waals surface area contributed by atoms with Gasteiger partial charge in [-0.3, -0.25) is 9.98 Å². The van der Waals surface area contributed by atoms with Gasteiger partial charge in [-0.15, -0.1) is 0 Å². The fourth-order valence-electron chi connectivity index (χ4n) is 3.69. The van der Waals surface area contributed by atoms with Crippen molar-refractivity contribution in [2.24, 2.45) is 15.9 Å². The highest BCUT2D eigenvalue weighted by molar-refractivity contribution is 6.10. The van der Waals surface area contributed by atoms with Gasteiger partial charge in [0.2, 0.25) is 0 Å². The zero-order valence-electron chi connectivity index (χ0n) is 16.9. The number of nitrogens with one attached hydrogen (secondary N) is 1. The summed E-state index contributed by atoms with van der Waals surface area (Å²) in [6, 6.07) is 2.13. The van der Waals surface area contributed by atoms with Gasteiger partial charge < -0.3 is 5.32 Å². The first kappa shape index (κ1) is 19.1. The quantitative estimate of drug-likeness (QED) is 0.797. The van der Waals surface area contributed by atoms with Crippen LogP contribution in [0.25, 0.3) is 5.57 Å². The SMILES string of the molecule is Cc1c(C2=NC\C=C/C=C/C=C/2)cc(C2N=CC=CN2)nc1C1=CC=CC(C)C1. The summed E-state index contributed by atoms with van der Waals surface area (Å²) in [6.45, 7) is 5.05. The Balaban J connectivity index is 1.85. The van der Waals surface area contributed by atoms with E-state index in [1.165, 1.54) is 5.57 Å². The van der Waals surface area contributed by atoms with Gasteiger partial charge >= 0.3 is 0 Å². The maximum atomic E-state index is 5.05. The molecule has 0 spiro atoms. The Morgan fingerprint density at radius 1 is 1.07 bits per heavy atom. The molecule has 2 atom stereocenters. The zero-order valence-corrected chi connectivity index (χ0v) is 16.9. The molecule has 2 aliphatic heterocycles. The van der Waals surface area contributed by atoms with Gasteiger partial charge in [-0.2, -0.15) is 0 Å². The van der Waals surface area contributed by atoms with Crippen molar-refractivity contribution >= 4 is 17.5 Å². The van der Waals surface area contributed by atoms with Gasteiger partial charge in [0.05, 0.1) is 23.6 Å². The zero-order chi connectivity index (χ0) is 20.1. The van der Waals surface area contributed by atoms with E-state index in [-0.39, 0.29) is 6.17 Å². The van der Waals surface area contributed by atoms with Crippen LogP contribution in [0.15, 0.2) is 83.0 Å². The topological polar surface area (TPSA) is 49.6 Å². The lowest BCUT2D eigenvalue weighted by molar-refractivity contribution is 0.630. The molecular formula is C25H26N4. The molecule has 2 unspecified atom stereocenters. The summed E-state index contributed by atoms with van der Waals surface area (Å²) in [6.07, 6.45) is 25.3. The predicted octanol–water partition coefficient (Wildman–Crippen LogP) is 5.03. The standard InChI is InChI=1S/C25H26N4/c1-18-10-8-11-20(16-18)24-19(2)21(22-12-6-4-3-5-7-13-26-22)17-23(29-24)25-27-14-9-15-28-25/h3-12,14-15,17-18,25,27H,13,16H2,1-2H3/b4-3+,7-5-,12-6+,26-22?. The summed E-state index contributed by atoms with van der Waals surface area (Å²) in [5.74, 6) is 0.509. The van der Waals surface area contributed by atoms with E-state index in [0.29, 0.717) is 12.5 Å². The van der Waals surface area contributed by atoms with E-state index in [4.69, 9.17) is 9.98 Å². The van der Waals surface area contributed by atoms with Crippen LogP contribution in [0.2, 0.25) is 0 Å². The third kappa shape index (κ3) is 4.43. The summed E-state index contributed by atoms with van der Waals surface area (Å²) in [7, 11) is 0. The maximum Gasteiger partial charge on any atom is 0.161 e. The smallest absolute Gasteiger partial charge is 0.161 e. The summed E-state index contributed by atoms with van der Waals surface area (Å²) < 4.78 is 0. The van der Waals surface area contributed by atoms with Gasteiger partial charge in [0.15, 0.2) is 6.17 Å². The van der Waals surface area contributed by atoms with Crippen LogP contribution in [0.5, 0.6) is 0 Å². The molecule has 0 aromatic carbocycles. The van der Waals surface area contributed by atoms with Crippen LogP contribution >= 0.6 is 0 Å². The molecule has 4 heteroatoms. The van der Waals surface area contributed by atoms with Gasteiger partial charge in [0.1, 0.15) is 0 Å². The Kier molecular flexibility index (Phi) is 5.80. The molecule has 29 heavy (non-hydrogen) atoms. The number of allylic oxidation sites excluding steroid dienone is 10. The van der Waals surface area contributed by atoms with E-state index in [1.54, 1.807) is 0 Å². The van der Waals surface area contributed by atoms with Crippen molar-refractivity contribution < 1.29 is 0 Å². The maximum absolute atomic E-state index is 5.05. The second-order valence-electron chi connectivity index (χ2n) is 7.45. The molecule has 3 heterocycles. The Labute approximate surface area is 172 Å². The highest BCUT2D eigenvalue weighted by Crippen LogP contribution is 2.31. The summed E-state index contributed by atoms with van der Waals surface area (Å²) in [4.78, 5) is 14.4. The number of nitrogens with zero attached hydrogens (tertiary/aromatic N) is 3. The second-order valence-corrected chi connectivity index (χ2v) is 7.45. The van der Waals surface area contributed by atoms with E-state index in [0.717, 1.165) is 34.6 Å². The van der Waals surface area contributed by atoms with Gasteiger partial charge in [-0.25, -0.2) is 4.98 Å². The van der Waals surface area contributed by atoms with E-state index >= 15 is 0 Å². The molecule has 0 fully saturated rings. The van der Waals surface area contributed by atoms with Crippen LogP contribution in [0.3, 0.4) is 0 Å². The predicted molar refractivity (Wildman–Crippen MR) is 122 cm³/mol. The molecule has 0 amide bonds. The Hall–Kier alpha value is -3.27. The summed E-state index contributed by atoms with van der Waals surface area (Å²) >= 11 is 0. The molecule has 0 bridgehead atoms. The number of hydrogen-bond acceptors (Lipinski definition) is 4. The van der Waals surface area contributed by atoms with E-state index in [1.807, 2.05) is 42.8 Å². The van der Waals surface area contributed by atoms with Crippen LogP contribution in [0.4, 0.5) is 0 Å². The van der Waals surface area contributed by atoms with Gasteiger partial charge in [0.25, 0.3) is 0 Å². The summed E-state index contributed by atoms with van der Waals surface area (Å²) in [5, 5.41) is 3.30. The molecule has 1 aliphatic carbocycles. The van der Waals surface area contributed by atoms with Gasteiger partial charge in [0, 0.05) is 11.8 Å². The normalized spacial score (nSPS) is 26.4. The molecule has 3 aliphatic rings. The first-order valence-electron chi connectivity index (χ1n) is 10.1. The minimum absolute atomic E-state index is 0.184. The number of pyridine rings is 1. The highest BCUT2D eigenvalue weighted by atomic mass is 15.1. The molecule has 4 rings (SSSR count). The molecule has 4 nitrogen and oxygen atoms in total. The molecule has 1 N–H and O–H groups in total. The largest absolute Gasteiger partial charge is 0.365 e. The van der Waals surface area contributed by atoms with Crippen molar-refractivity contribution in [1.82, 2.24) is 10.3 Å². The van der Waals surface area contributed by atoms with Crippen molar-refractivity contribution in [3.05, 3.63) is 95.5 Å². The molecule has 0 saturated heterocycles. The fraction of sp³-hybridized carbons (Fsp3) is 0.240. The van der Waals surface area contributed by atoms with E-state index < -0.39 is 0 Å². The first-order valence-corrected chi connectivity index (χ1v) is 10.1. The Morgan fingerprint density at radius 3 is 2.79 bits per heavy atom. The van der Waals surface area contributed by atoms with Crippen LogP contribution in [0, 0.1) is 12.8 Å². The number of rotatable bonds is 3. The highest BCUT2D eigenvalue weighted by Gasteiger charge is 2.21. The lowest BCUT2D eigenvalue weighted by atomic mass is 9.89.